The van der Waals surface area contributed by atoms with Gasteiger partial charge in [-0.3, -0.25) is 0 Å². The molecule has 0 heterocycles. The second-order valence-electron chi connectivity index (χ2n) is 4.86. The molecule has 0 atom stereocenters. The number of hydrogen-bond donors (Lipinski definition) is 2. The molecule has 2 N–H and O–H groups in total. The Morgan fingerprint density at radius 3 is 2.33 bits per heavy atom. The Hall–Kier alpha value is -1.31. The van der Waals surface area contributed by atoms with Gasteiger partial charge >= 0.3 is 0 Å². The van der Waals surface area contributed by atoms with Gasteiger partial charge in [-0.15, -0.1) is 12.4 Å². The molecule has 0 aliphatic carbocycles. The van der Waals surface area contributed by atoms with E-state index in [0.29, 0.717) is 23.1 Å². The van der Waals surface area contributed by atoms with Crippen molar-refractivity contribution in [2.45, 2.75) is 11.3 Å². The second kappa shape index (κ2) is 9.86. The summed E-state index contributed by atoms with van der Waals surface area (Å²) in [5.41, 5.74) is 0. The molecule has 0 aliphatic heterocycles. The summed E-state index contributed by atoms with van der Waals surface area (Å²) in [5.74, 6) is 1.04. The van der Waals surface area contributed by atoms with E-state index in [2.05, 4.69) is 10.0 Å². The lowest BCUT2D eigenvalue weighted by Crippen LogP contribution is -2.26. The van der Waals surface area contributed by atoms with Gasteiger partial charge in [-0.25, -0.2) is 13.1 Å². The molecular formula is C16H20Cl2N2O3S. The normalized spacial score (nSPS) is 10.9. The van der Waals surface area contributed by atoms with Crippen LogP contribution in [0.2, 0.25) is 5.02 Å². The monoisotopic (exact) mass is 390 g/mol. The van der Waals surface area contributed by atoms with E-state index >= 15 is 0 Å². The minimum atomic E-state index is -3.50. The van der Waals surface area contributed by atoms with E-state index in [-0.39, 0.29) is 17.3 Å². The molecule has 0 bridgehead atoms. The first-order valence-corrected chi connectivity index (χ1v) is 9.06. The van der Waals surface area contributed by atoms with Crippen molar-refractivity contribution in [2.24, 2.45) is 0 Å². The van der Waals surface area contributed by atoms with Gasteiger partial charge < -0.3 is 10.1 Å². The van der Waals surface area contributed by atoms with Crippen LogP contribution < -0.4 is 14.8 Å². The zero-order valence-corrected chi connectivity index (χ0v) is 15.5. The predicted octanol–water partition coefficient (Wildman–Crippen LogP) is 3.44. The van der Waals surface area contributed by atoms with Crippen LogP contribution in [0.15, 0.2) is 53.4 Å². The second-order valence-corrected chi connectivity index (χ2v) is 7.03. The van der Waals surface area contributed by atoms with Crippen molar-refractivity contribution in [1.82, 2.24) is 10.0 Å². The van der Waals surface area contributed by atoms with Gasteiger partial charge in [0.1, 0.15) is 11.5 Å². The molecule has 0 fully saturated rings. The number of rotatable bonds is 8. The highest BCUT2D eigenvalue weighted by Crippen LogP contribution is 2.29. The van der Waals surface area contributed by atoms with Crippen molar-refractivity contribution >= 4 is 34.0 Å². The van der Waals surface area contributed by atoms with Gasteiger partial charge in [0.2, 0.25) is 10.0 Å². The Morgan fingerprint density at radius 1 is 1.04 bits per heavy atom. The lowest BCUT2D eigenvalue weighted by molar-refractivity contribution is 0.482. The molecule has 0 saturated carbocycles. The number of para-hydroxylation sites is 1. The topological polar surface area (TPSA) is 67.4 Å². The van der Waals surface area contributed by atoms with Crippen molar-refractivity contribution in [3.8, 4) is 11.5 Å². The van der Waals surface area contributed by atoms with Crippen LogP contribution in [0.4, 0.5) is 0 Å². The van der Waals surface area contributed by atoms with Crippen LogP contribution in [-0.4, -0.2) is 28.6 Å². The van der Waals surface area contributed by atoms with Gasteiger partial charge in [-0.1, -0.05) is 23.7 Å². The third-order valence-corrected chi connectivity index (χ3v) is 4.88. The minimum Gasteiger partial charge on any atom is -0.456 e. The zero-order chi connectivity index (χ0) is 16.7. The number of benzene rings is 2. The number of ether oxygens (including phenoxy) is 1. The summed E-state index contributed by atoms with van der Waals surface area (Å²) in [6.45, 7) is 1.15. The summed E-state index contributed by atoms with van der Waals surface area (Å²) in [6.07, 6.45) is 0.726. The van der Waals surface area contributed by atoms with Crippen LogP contribution in [0.3, 0.4) is 0 Å². The van der Waals surface area contributed by atoms with Crippen molar-refractivity contribution in [2.75, 3.05) is 20.1 Å². The largest absolute Gasteiger partial charge is 0.456 e. The first-order chi connectivity index (χ1) is 11.0. The molecule has 0 spiro atoms. The maximum absolute atomic E-state index is 12.1. The number of nitrogens with one attached hydrogen (secondary N) is 2. The molecule has 0 saturated heterocycles. The van der Waals surface area contributed by atoms with Crippen LogP contribution in [-0.2, 0) is 10.0 Å². The van der Waals surface area contributed by atoms with Crippen molar-refractivity contribution < 1.29 is 13.2 Å². The Bertz CT molecular complexity index is 737. The fourth-order valence-corrected chi connectivity index (χ4v) is 3.14. The molecule has 2 aromatic carbocycles. The van der Waals surface area contributed by atoms with E-state index in [0.717, 1.165) is 13.0 Å². The average Bonchev–Trinajstić information content (AvgIpc) is 2.54. The Kier molecular flexibility index (Phi) is 8.52. The standard InChI is InChI=1S/C16H19ClN2O3S.ClH/c1-18-11-4-12-19-23(20,21)14-9-7-13(8-10-14)22-16-6-3-2-5-15(16)17;/h2-3,5-10,18-19H,4,11-12H2,1H3;1H. The molecule has 24 heavy (non-hydrogen) atoms. The molecular weight excluding hydrogens is 371 g/mol. The minimum absolute atomic E-state index is 0. The van der Waals surface area contributed by atoms with Crippen LogP contribution >= 0.6 is 24.0 Å². The molecule has 0 amide bonds. The van der Waals surface area contributed by atoms with Gasteiger partial charge in [0, 0.05) is 6.54 Å². The maximum atomic E-state index is 12.1. The van der Waals surface area contributed by atoms with Crippen LogP contribution in [0.25, 0.3) is 0 Å². The molecule has 5 nitrogen and oxygen atoms in total. The van der Waals surface area contributed by atoms with Gasteiger partial charge in [-0.05, 0) is 56.4 Å². The Morgan fingerprint density at radius 2 is 1.71 bits per heavy atom. The number of halogens is 2. The van der Waals surface area contributed by atoms with E-state index < -0.39 is 10.0 Å². The maximum Gasteiger partial charge on any atom is 0.240 e. The smallest absolute Gasteiger partial charge is 0.240 e. The van der Waals surface area contributed by atoms with Crippen molar-refractivity contribution in [3.63, 3.8) is 0 Å². The van der Waals surface area contributed by atoms with Crippen LogP contribution in [0, 0.1) is 0 Å². The summed E-state index contributed by atoms with van der Waals surface area (Å²) in [4.78, 5) is 0.202. The van der Waals surface area contributed by atoms with E-state index in [9.17, 15) is 8.42 Å². The molecule has 0 aromatic heterocycles. The van der Waals surface area contributed by atoms with E-state index in [1.54, 1.807) is 24.3 Å². The summed E-state index contributed by atoms with van der Waals surface area (Å²) in [5, 5.41) is 3.46. The zero-order valence-electron chi connectivity index (χ0n) is 13.2. The average molecular weight is 391 g/mol. The summed E-state index contributed by atoms with van der Waals surface area (Å²) in [7, 11) is -1.67. The SMILES string of the molecule is CNCCCNS(=O)(=O)c1ccc(Oc2ccccc2Cl)cc1.Cl. The predicted molar refractivity (Wildman–Crippen MR) is 98.9 cm³/mol. The summed E-state index contributed by atoms with van der Waals surface area (Å²) < 4.78 is 32.4. The Labute approximate surface area is 153 Å². The molecule has 2 aromatic rings. The van der Waals surface area contributed by atoms with Gasteiger partial charge in [-0.2, -0.15) is 0 Å². The van der Waals surface area contributed by atoms with E-state index in [4.69, 9.17) is 16.3 Å². The fourth-order valence-electron chi connectivity index (χ4n) is 1.90. The third kappa shape index (κ3) is 5.96. The van der Waals surface area contributed by atoms with E-state index in [1.165, 1.54) is 12.1 Å². The highest BCUT2D eigenvalue weighted by Gasteiger charge is 2.13. The fraction of sp³-hybridized carbons (Fsp3) is 0.250. The lowest BCUT2D eigenvalue weighted by atomic mass is 10.3. The molecule has 0 radical (unpaired) electrons. The van der Waals surface area contributed by atoms with Crippen LogP contribution in [0.1, 0.15) is 6.42 Å². The number of hydrogen-bond acceptors (Lipinski definition) is 4. The van der Waals surface area contributed by atoms with Gasteiger partial charge in [0.25, 0.3) is 0 Å². The third-order valence-electron chi connectivity index (χ3n) is 3.09. The summed E-state index contributed by atoms with van der Waals surface area (Å²) in [6, 6.07) is 13.3. The number of sulfonamides is 1. The quantitative estimate of drug-likeness (QED) is 0.677. The molecule has 0 aliphatic rings. The summed E-state index contributed by atoms with van der Waals surface area (Å²) >= 11 is 6.02. The first kappa shape index (κ1) is 20.7. The van der Waals surface area contributed by atoms with Crippen molar-refractivity contribution in [1.29, 1.82) is 0 Å². The van der Waals surface area contributed by atoms with E-state index in [1.807, 2.05) is 19.2 Å². The van der Waals surface area contributed by atoms with Gasteiger partial charge in [0.05, 0.1) is 9.92 Å². The van der Waals surface area contributed by atoms with Crippen LogP contribution in [0.5, 0.6) is 11.5 Å². The van der Waals surface area contributed by atoms with Crippen molar-refractivity contribution in [3.05, 3.63) is 53.6 Å². The molecule has 0 unspecified atom stereocenters. The Balaban J connectivity index is 0.00000288. The highest BCUT2D eigenvalue weighted by molar-refractivity contribution is 7.89. The molecule has 132 valence electrons. The lowest BCUT2D eigenvalue weighted by Gasteiger charge is -2.09. The molecule has 8 heteroatoms. The highest BCUT2D eigenvalue weighted by atomic mass is 35.5. The first-order valence-electron chi connectivity index (χ1n) is 7.19. The van der Waals surface area contributed by atoms with Gasteiger partial charge in [0.15, 0.2) is 0 Å². The molecule has 2 rings (SSSR count).